The average Bonchev–Trinajstić information content (AvgIpc) is 2.79. The maximum atomic E-state index is 11.0. The van der Waals surface area contributed by atoms with Gasteiger partial charge in [-0.05, 0) is 0 Å². The number of epoxide rings is 1. The van der Waals surface area contributed by atoms with Crippen molar-refractivity contribution in [2.24, 2.45) is 5.41 Å². The molecule has 2 aliphatic rings. The Labute approximate surface area is 70.8 Å². The first-order valence-corrected chi connectivity index (χ1v) is 4.03. The molecule has 2 aliphatic heterocycles. The van der Waals surface area contributed by atoms with Crippen molar-refractivity contribution in [2.45, 2.75) is 12.5 Å². The smallest absolute Gasteiger partial charge is 0.306 e. The van der Waals surface area contributed by atoms with Crippen LogP contribution >= 0.6 is 0 Å². The summed E-state index contributed by atoms with van der Waals surface area (Å²) in [5.74, 6) is -0.172. The van der Waals surface area contributed by atoms with Crippen molar-refractivity contribution in [3.8, 4) is 0 Å². The van der Waals surface area contributed by atoms with Crippen LogP contribution in [0.4, 0.5) is 0 Å². The van der Waals surface area contributed by atoms with Crippen molar-refractivity contribution in [3.05, 3.63) is 0 Å². The molecule has 2 saturated heterocycles. The van der Waals surface area contributed by atoms with Crippen LogP contribution in [-0.2, 0) is 19.0 Å². The van der Waals surface area contributed by atoms with Crippen molar-refractivity contribution in [2.75, 3.05) is 26.9 Å². The van der Waals surface area contributed by atoms with Gasteiger partial charge in [-0.3, -0.25) is 4.79 Å². The molecule has 0 aromatic heterocycles. The van der Waals surface area contributed by atoms with E-state index in [9.17, 15) is 4.79 Å². The zero-order valence-corrected chi connectivity index (χ0v) is 7.04. The van der Waals surface area contributed by atoms with E-state index in [-0.39, 0.29) is 17.5 Å². The molecular formula is C8H12O4. The Kier molecular flexibility index (Phi) is 1.81. The second-order valence-corrected chi connectivity index (χ2v) is 3.43. The molecule has 4 nitrogen and oxygen atoms in total. The highest BCUT2D eigenvalue weighted by Gasteiger charge is 2.53. The minimum absolute atomic E-state index is 0.0624. The van der Waals surface area contributed by atoms with Gasteiger partial charge in [-0.1, -0.05) is 0 Å². The molecule has 2 heterocycles. The first kappa shape index (κ1) is 8.01. The third-order valence-electron chi connectivity index (χ3n) is 2.52. The van der Waals surface area contributed by atoms with Crippen LogP contribution in [0.2, 0.25) is 0 Å². The van der Waals surface area contributed by atoms with Crippen molar-refractivity contribution in [1.29, 1.82) is 0 Å². The third-order valence-corrected chi connectivity index (χ3v) is 2.52. The Morgan fingerprint density at radius 3 is 2.67 bits per heavy atom. The van der Waals surface area contributed by atoms with E-state index in [1.165, 1.54) is 7.11 Å². The SMILES string of the molecule is COC(=O)CC1(C2CO2)COC1. The van der Waals surface area contributed by atoms with Crippen molar-refractivity contribution in [1.82, 2.24) is 0 Å². The minimum atomic E-state index is -0.172. The highest BCUT2D eigenvalue weighted by Crippen LogP contribution is 2.42. The van der Waals surface area contributed by atoms with Gasteiger partial charge < -0.3 is 14.2 Å². The monoisotopic (exact) mass is 172 g/mol. The number of rotatable bonds is 3. The van der Waals surface area contributed by atoms with E-state index in [1.807, 2.05) is 0 Å². The minimum Gasteiger partial charge on any atom is -0.469 e. The van der Waals surface area contributed by atoms with E-state index in [2.05, 4.69) is 4.74 Å². The number of carbonyl (C=O) groups excluding carboxylic acids is 1. The normalized spacial score (nSPS) is 30.6. The van der Waals surface area contributed by atoms with Gasteiger partial charge in [0.1, 0.15) is 0 Å². The molecule has 0 aromatic rings. The van der Waals surface area contributed by atoms with Crippen molar-refractivity contribution >= 4 is 5.97 Å². The molecule has 0 amide bonds. The molecule has 4 heteroatoms. The van der Waals surface area contributed by atoms with Gasteiger partial charge in [0.15, 0.2) is 0 Å². The summed E-state index contributed by atoms with van der Waals surface area (Å²) in [5, 5.41) is 0. The van der Waals surface area contributed by atoms with Gasteiger partial charge in [-0.15, -0.1) is 0 Å². The van der Waals surface area contributed by atoms with Crippen LogP contribution in [0.1, 0.15) is 6.42 Å². The molecule has 68 valence electrons. The van der Waals surface area contributed by atoms with E-state index < -0.39 is 0 Å². The van der Waals surface area contributed by atoms with Gasteiger partial charge >= 0.3 is 5.97 Å². The van der Waals surface area contributed by atoms with Gasteiger partial charge in [0, 0.05) is 0 Å². The molecule has 1 unspecified atom stereocenters. The van der Waals surface area contributed by atoms with Gasteiger partial charge in [-0.25, -0.2) is 0 Å². The summed E-state index contributed by atoms with van der Waals surface area (Å²) in [4.78, 5) is 11.0. The highest BCUT2D eigenvalue weighted by molar-refractivity contribution is 5.70. The van der Waals surface area contributed by atoms with Crippen LogP contribution in [0, 0.1) is 5.41 Å². The largest absolute Gasteiger partial charge is 0.469 e. The summed E-state index contributed by atoms with van der Waals surface area (Å²) in [5.41, 5.74) is -0.0624. The molecule has 1 atom stereocenters. The topological polar surface area (TPSA) is 48.1 Å². The molecule has 0 N–H and O–H groups in total. The number of esters is 1. The van der Waals surface area contributed by atoms with Gasteiger partial charge in [0.05, 0.1) is 44.9 Å². The number of hydrogen-bond acceptors (Lipinski definition) is 4. The van der Waals surface area contributed by atoms with Crippen LogP contribution < -0.4 is 0 Å². The van der Waals surface area contributed by atoms with Gasteiger partial charge in [0.25, 0.3) is 0 Å². The first-order chi connectivity index (χ1) is 5.77. The third kappa shape index (κ3) is 1.21. The Morgan fingerprint density at radius 1 is 1.67 bits per heavy atom. The van der Waals surface area contributed by atoms with E-state index >= 15 is 0 Å². The standard InChI is InChI=1S/C8H12O4/c1-10-7(9)2-8(4-11-5-8)6-3-12-6/h6H,2-5H2,1H3. The summed E-state index contributed by atoms with van der Waals surface area (Å²) < 4.78 is 14.9. The number of carbonyl (C=O) groups is 1. The molecular weight excluding hydrogens is 160 g/mol. The second-order valence-electron chi connectivity index (χ2n) is 3.43. The molecule has 0 bridgehead atoms. The Morgan fingerprint density at radius 2 is 2.33 bits per heavy atom. The first-order valence-electron chi connectivity index (χ1n) is 4.03. The van der Waals surface area contributed by atoms with Crippen LogP contribution in [0.15, 0.2) is 0 Å². The quantitative estimate of drug-likeness (QED) is 0.443. The Hall–Kier alpha value is -0.610. The zero-order valence-electron chi connectivity index (χ0n) is 7.04. The zero-order chi connectivity index (χ0) is 8.60. The Bertz CT molecular complexity index is 193. The van der Waals surface area contributed by atoms with Crippen molar-refractivity contribution < 1.29 is 19.0 Å². The average molecular weight is 172 g/mol. The molecule has 0 radical (unpaired) electrons. The van der Waals surface area contributed by atoms with Crippen LogP contribution in [0.3, 0.4) is 0 Å². The summed E-state index contributed by atoms with van der Waals surface area (Å²) in [7, 11) is 1.41. The van der Waals surface area contributed by atoms with E-state index in [0.29, 0.717) is 19.6 Å². The summed E-state index contributed by atoms with van der Waals surface area (Å²) >= 11 is 0. The fourth-order valence-electron chi connectivity index (χ4n) is 1.53. The molecule has 2 rings (SSSR count). The summed E-state index contributed by atoms with van der Waals surface area (Å²) in [6.45, 7) is 2.03. The molecule has 0 spiro atoms. The van der Waals surface area contributed by atoms with E-state index in [4.69, 9.17) is 9.47 Å². The maximum absolute atomic E-state index is 11.0. The van der Waals surface area contributed by atoms with Crippen LogP contribution in [0.25, 0.3) is 0 Å². The van der Waals surface area contributed by atoms with E-state index in [0.717, 1.165) is 6.61 Å². The lowest BCUT2D eigenvalue weighted by molar-refractivity contribution is -0.163. The lowest BCUT2D eigenvalue weighted by Crippen LogP contribution is -2.48. The molecule has 0 aromatic carbocycles. The number of methoxy groups -OCH3 is 1. The van der Waals surface area contributed by atoms with Crippen molar-refractivity contribution in [3.63, 3.8) is 0 Å². The number of ether oxygens (including phenoxy) is 3. The molecule has 12 heavy (non-hydrogen) atoms. The Balaban J connectivity index is 1.93. The lowest BCUT2D eigenvalue weighted by atomic mass is 9.79. The molecule has 0 aliphatic carbocycles. The summed E-state index contributed by atoms with van der Waals surface area (Å²) in [6.07, 6.45) is 0.652. The molecule has 0 saturated carbocycles. The van der Waals surface area contributed by atoms with Gasteiger partial charge in [-0.2, -0.15) is 0 Å². The summed E-state index contributed by atoms with van der Waals surface area (Å²) in [6, 6.07) is 0. The fraction of sp³-hybridized carbons (Fsp3) is 0.875. The maximum Gasteiger partial charge on any atom is 0.306 e. The van der Waals surface area contributed by atoms with Crippen LogP contribution in [0.5, 0.6) is 0 Å². The number of hydrogen-bond donors (Lipinski definition) is 0. The van der Waals surface area contributed by atoms with E-state index in [1.54, 1.807) is 0 Å². The van der Waals surface area contributed by atoms with Crippen LogP contribution in [-0.4, -0.2) is 39.0 Å². The lowest BCUT2D eigenvalue weighted by Gasteiger charge is -2.39. The second kappa shape index (κ2) is 2.71. The molecule has 2 fully saturated rings. The highest BCUT2D eigenvalue weighted by atomic mass is 16.6. The predicted octanol–water partition coefficient (Wildman–Crippen LogP) is -0.0351. The predicted molar refractivity (Wildman–Crippen MR) is 39.6 cm³/mol. The van der Waals surface area contributed by atoms with Gasteiger partial charge in [0.2, 0.25) is 0 Å². The fourth-order valence-corrected chi connectivity index (χ4v) is 1.53.